The molecule has 29 heavy (non-hydrogen) atoms. The fourth-order valence-corrected chi connectivity index (χ4v) is 2.25. The molecule has 0 spiro atoms. The molecule has 6 nitrogen and oxygen atoms in total. The van der Waals surface area contributed by atoms with Gasteiger partial charge in [-0.1, -0.05) is 38.1 Å². The van der Waals surface area contributed by atoms with Crippen molar-refractivity contribution in [1.82, 2.24) is 10.6 Å². The number of hydrogen-bond donors (Lipinski definition) is 3. The van der Waals surface area contributed by atoms with E-state index in [0.29, 0.717) is 43.7 Å². The Morgan fingerprint density at radius 1 is 1.07 bits per heavy atom. The lowest BCUT2D eigenvalue weighted by Gasteiger charge is -2.16. The van der Waals surface area contributed by atoms with Crippen molar-refractivity contribution in [2.45, 2.75) is 46.2 Å². The topological polar surface area (TPSA) is 75.1 Å². The van der Waals surface area contributed by atoms with Crippen LogP contribution in [0, 0.1) is 5.92 Å². The summed E-state index contributed by atoms with van der Waals surface area (Å²) in [5.74, 6) is 0.977. The Morgan fingerprint density at radius 2 is 1.72 bits per heavy atom. The monoisotopic (exact) mass is 419 g/mol. The zero-order valence-electron chi connectivity index (χ0n) is 17.3. The second-order valence-electron chi connectivity index (χ2n) is 7.09. The van der Waals surface area contributed by atoms with Crippen LogP contribution in [0.2, 0.25) is 0 Å². The summed E-state index contributed by atoms with van der Waals surface area (Å²) in [6.45, 7) is 6.89. The Kier molecular flexibility index (Phi) is 11.6. The van der Waals surface area contributed by atoms with Gasteiger partial charge in [0.2, 0.25) is 0 Å². The molecule has 0 aliphatic heterocycles. The predicted octanol–water partition coefficient (Wildman–Crippen LogP) is 2.85. The van der Waals surface area contributed by atoms with Gasteiger partial charge in [0.1, 0.15) is 6.61 Å². The average molecular weight is 419 g/mol. The summed E-state index contributed by atoms with van der Waals surface area (Å²) in [5, 5.41) is 16.1. The molecule has 1 unspecified atom stereocenters. The molecule has 9 heteroatoms. The number of halogens is 3. The Morgan fingerprint density at radius 3 is 2.31 bits per heavy atom. The summed E-state index contributed by atoms with van der Waals surface area (Å²) in [6, 6.07) is 7.04. The van der Waals surface area contributed by atoms with E-state index in [-0.39, 0.29) is 13.2 Å². The second-order valence-corrected chi connectivity index (χ2v) is 7.09. The molecule has 0 aliphatic rings. The summed E-state index contributed by atoms with van der Waals surface area (Å²) in [6.07, 6.45) is -4.97. The van der Waals surface area contributed by atoms with Crippen LogP contribution in [0.15, 0.2) is 29.3 Å². The Balaban J connectivity index is 2.45. The quantitative estimate of drug-likeness (QED) is 0.359. The molecule has 166 valence electrons. The molecule has 0 radical (unpaired) electrons. The molecule has 0 aromatic heterocycles. The number of aliphatic hydroxyl groups is 1. The highest BCUT2D eigenvalue weighted by Crippen LogP contribution is 2.16. The van der Waals surface area contributed by atoms with E-state index < -0.39 is 18.9 Å². The van der Waals surface area contributed by atoms with Crippen molar-refractivity contribution in [1.29, 1.82) is 0 Å². The van der Waals surface area contributed by atoms with Gasteiger partial charge in [0.25, 0.3) is 0 Å². The van der Waals surface area contributed by atoms with Gasteiger partial charge >= 0.3 is 6.18 Å². The van der Waals surface area contributed by atoms with Gasteiger partial charge in [0.15, 0.2) is 5.96 Å². The van der Waals surface area contributed by atoms with Crippen LogP contribution in [-0.4, -0.2) is 56.3 Å². The number of benzene rings is 1. The third kappa shape index (κ3) is 13.1. The number of guanidine groups is 1. The molecule has 3 N–H and O–H groups in total. The Hall–Kier alpha value is -1.84. The minimum atomic E-state index is -4.32. The summed E-state index contributed by atoms with van der Waals surface area (Å²) in [5.41, 5.74) is 1.57. The first-order chi connectivity index (χ1) is 13.7. The minimum Gasteiger partial charge on any atom is -0.389 e. The third-order valence-corrected chi connectivity index (χ3v) is 3.59. The number of aliphatic imine (C=N–C) groups is 1. The molecule has 1 aromatic rings. The van der Waals surface area contributed by atoms with E-state index in [1.165, 1.54) is 0 Å². The molecular weight excluding hydrogens is 387 g/mol. The summed E-state index contributed by atoms with van der Waals surface area (Å²) >= 11 is 0. The van der Waals surface area contributed by atoms with Crippen LogP contribution in [-0.2, 0) is 22.6 Å². The normalized spacial score (nSPS) is 13.6. The molecule has 0 saturated carbocycles. The first kappa shape index (κ1) is 25.2. The number of hydrogen-bond acceptors (Lipinski definition) is 4. The van der Waals surface area contributed by atoms with Gasteiger partial charge in [-0.05, 0) is 24.0 Å². The summed E-state index contributed by atoms with van der Waals surface area (Å²) in [7, 11) is 0. The fourth-order valence-electron chi connectivity index (χ4n) is 2.25. The van der Waals surface area contributed by atoms with Crippen molar-refractivity contribution >= 4 is 5.96 Å². The van der Waals surface area contributed by atoms with Gasteiger partial charge < -0.3 is 25.2 Å². The molecular formula is C20H32F3N3O3. The number of nitrogens with zero attached hydrogens (tertiary/aromatic N) is 1. The predicted molar refractivity (Wildman–Crippen MR) is 107 cm³/mol. The first-order valence-corrected chi connectivity index (χ1v) is 9.70. The maximum atomic E-state index is 12.1. The van der Waals surface area contributed by atoms with Crippen LogP contribution < -0.4 is 10.6 Å². The van der Waals surface area contributed by atoms with E-state index in [4.69, 9.17) is 4.74 Å². The molecule has 0 fully saturated rings. The van der Waals surface area contributed by atoms with E-state index in [9.17, 15) is 18.3 Å². The molecule has 1 aromatic carbocycles. The smallest absolute Gasteiger partial charge is 0.389 e. The standard InChI is InChI=1S/C20H32F3N3O3/c1-4-24-19(26-10-18(27)13-28-11-15(2)3)25-9-16-5-7-17(8-6-16)12-29-14-20(21,22)23/h5-8,15,18,27H,4,9-14H2,1-3H3,(H2,24,25,26). The highest BCUT2D eigenvalue weighted by molar-refractivity contribution is 5.79. The second kappa shape index (κ2) is 13.4. The van der Waals surface area contributed by atoms with Crippen molar-refractivity contribution in [3.05, 3.63) is 35.4 Å². The highest BCUT2D eigenvalue weighted by Gasteiger charge is 2.27. The zero-order valence-corrected chi connectivity index (χ0v) is 17.3. The lowest BCUT2D eigenvalue weighted by atomic mass is 10.1. The third-order valence-electron chi connectivity index (χ3n) is 3.59. The van der Waals surface area contributed by atoms with Crippen LogP contribution in [0.25, 0.3) is 0 Å². The van der Waals surface area contributed by atoms with Crippen LogP contribution in [0.3, 0.4) is 0 Å². The van der Waals surface area contributed by atoms with Crippen LogP contribution in [0.5, 0.6) is 0 Å². The van der Waals surface area contributed by atoms with Gasteiger partial charge in [-0.25, -0.2) is 4.99 Å². The average Bonchev–Trinajstić information content (AvgIpc) is 2.64. The Labute approximate surface area is 170 Å². The molecule has 0 amide bonds. The Bertz CT molecular complexity index is 593. The van der Waals surface area contributed by atoms with Gasteiger partial charge in [-0.3, -0.25) is 0 Å². The van der Waals surface area contributed by atoms with Crippen molar-refractivity contribution < 1.29 is 27.8 Å². The molecule has 0 heterocycles. The van der Waals surface area contributed by atoms with E-state index in [1.807, 2.05) is 20.8 Å². The lowest BCUT2D eigenvalue weighted by molar-refractivity contribution is -0.176. The van der Waals surface area contributed by atoms with E-state index in [0.717, 1.165) is 5.56 Å². The van der Waals surface area contributed by atoms with Gasteiger partial charge in [0.05, 0.1) is 25.9 Å². The van der Waals surface area contributed by atoms with Crippen LogP contribution in [0.1, 0.15) is 31.9 Å². The van der Waals surface area contributed by atoms with Gasteiger partial charge in [-0.2, -0.15) is 13.2 Å². The first-order valence-electron chi connectivity index (χ1n) is 9.70. The zero-order chi connectivity index (χ0) is 21.7. The molecule has 0 bridgehead atoms. The highest BCUT2D eigenvalue weighted by atomic mass is 19.4. The minimum absolute atomic E-state index is 0.0932. The maximum Gasteiger partial charge on any atom is 0.411 e. The number of alkyl halides is 3. The maximum absolute atomic E-state index is 12.1. The van der Waals surface area contributed by atoms with Gasteiger partial charge in [-0.15, -0.1) is 0 Å². The van der Waals surface area contributed by atoms with E-state index in [1.54, 1.807) is 24.3 Å². The molecule has 0 saturated heterocycles. The van der Waals surface area contributed by atoms with E-state index >= 15 is 0 Å². The van der Waals surface area contributed by atoms with Crippen LogP contribution in [0.4, 0.5) is 13.2 Å². The summed E-state index contributed by atoms with van der Waals surface area (Å²) in [4.78, 5) is 4.45. The number of aliphatic hydroxyl groups excluding tert-OH is 1. The van der Waals surface area contributed by atoms with Gasteiger partial charge in [0, 0.05) is 19.7 Å². The largest absolute Gasteiger partial charge is 0.411 e. The molecule has 0 aliphatic carbocycles. The molecule has 1 rings (SSSR count). The number of nitrogens with one attached hydrogen (secondary N) is 2. The fraction of sp³-hybridized carbons (Fsp3) is 0.650. The van der Waals surface area contributed by atoms with Crippen molar-refractivity contribution in [2.24, 2.45) is 10.9 Å². The van der Waals surface area contributed by atoms with Crippen LogP contribution >= 0.6 is 0 Å². The number of rotatable bonds is 12. The van der Waals surface area contributed by atoms with Crippen molar-refractivity contribution in [2.75, 3.05) is 32.9 Å². The lowest BCUT2D eigenvalue weighted by Crippen LogP contribution is -2.42. The van der Waals surface area contributed by atoms with Crippen molar-refractivity contribution in [3.8, 4) is 0 Å². The summed E-state index contributed by atoms with van der Waals surface area (Å²) < 4.78 is 46.3. The van der Waals surface area contributed by atoms with Crippen molar-refractivity contribution in [3.63, 3.8) is 0 Å². The molecule has 1 atom stereocenters. The SMILES string of the molecule is CCNC(=NCc1ccc(COCC(F)(F)F)cc1)NCC(O)COCC(C)C. The number of ether oxygens (including phenoxy) is 2. The van der Waals surface area contributed by atoms with E-state index in [2.05, 4.69) is 20.4 Å².